The number of Topliss-reactive ketones (excluding diaryl/α,β-unsaturated/α-hetero) is 1. The first kappa shape index (κ1) is 47.1. The minimum absolute atomic E-state index is 0.0828. The van der Waals surface area contributed by atoms with E-state index in [4.69, 9.17) is 0 Å². The number of carbonyl (C=O) groups is 2. The topological polar surface area (TPSA) is 77.4 Å². The number of aliphatic carboxylic acids is 1. The standard InChI is InChI=1S/C43H85NO4/c1-5-6-7-8-9-10-11-12-13-14-15-16-17-18-19-20-21-22-23-24-25-26-27-28-29-30-31-32-33-34-35-36-37-38-41(45)43(48,39-42(46)47)40-44(2,3)4/h48H,5-40H2,1-4H3. The van der Waals surface area contributed by atoms with E-state index in [0.29, 0.717) is 10.9 Å². The average molecular weight is 680 g/mol. The van der Waals surface area contributed by atoms with Crippen molar-refractivity contribution >= 4 is 11.8 Å². The van der Waals surface area contributed by atoms with Gasteiger partial charge in [-0.3, -0.25) is 4.79 Å². The minimum Gasteiger partial charge on any atom is -0.550 e. The van der Waals surface area contributed by atoms with Gasteiger partial charge in [-0.1, -0.05) is 212 Å². The first-order valence-corrected chi connectivity index (χ1v) is 21.4. The zero-order chi connectivity index (χ0) is 35.6. The lowest BCUT2D eigenvalue weighted by Gasteiger charge is -2.34. The maximum Gasteiger partial charge on any atom is 0.177 e. The van der Waals surface area contributed by atoms with Gasteiger partial charge in [-0.15, -0.1) is 0 Å². The van der Waals surface area contributed by atoms with E-state index < -0.39 is 18.0 Å². The Labute approximate surface area is 300 Å². The number of carboxylic acids is 1. The summed E-state index contributed by atoms with van der Waals surface area (Å²) in [6, 6.07) is 0. The molecule has 1 unspecified atom stereocenters. The monoisotopic (exact) mass is 680 g/mol. The molecule has 0 aliphatic heterocycles. The van der Waals surface area contributed by atoms with Crippen molar-refractivity contribution in [3.8, 4) is 0 Å². The number of likely N-dealkylation sites (N-methyl/N-ethyl adjacent to an activating group) is 1. The summed E-state index contributed by atoms with van der Waals surface area (Å²) in [5.74, 6) is -1.74. The normalized spacial score (nSPS) is 13.2. The Morgan fingerprint density at radius 2 is 0.688 bits per heavy atom. The summed E-state index contributed by atoms with van der Waals surface area (Å²) in [5, 5.41) is 21.8. The summed E-state index contributed by atoms with van der Waals surface area (Å²) in [6.45, 7) is 2.38. The lowest BCUT2D eigenvalue weighted by atomic mass is 9.89. The van der Waals surface area contributed by atoms with Crippen LogP contribution in [0.3, 0.4) is 0 Å². The molecule has 48 heavy (non-hydrogen) atoms. The molecule has 0 aromatic heterocycles. The van der Waals surface area contributed by atoms with Crippen molar-refractivity contribution < 1.29 is 24.3 Å². The number of unbranched alkanes of at least 4 members (excludes halogenated alkanes) is 32. The fraction of sp³-hybridized carbons (Fsp3) is 0.953. The molecule has 0 spiro atoms. The van der Waals surface area contributed by atoms with Crippen molar-refractivity contribution in [3.63, 3.8) is 0 Å². The summed E-state index contributed by atoms with van der Waals surface area (Å²) < 4.78 is 0.329. The Balaban J connectivity index is 3.33. The predicted molar refractivity (Wildman–Crippen MR) is 205 cm³/mol. The Morgan fingerprint density at radius 3 is 0.896 bits per heavy atom. The predicted octanol–water partition coefficient (Wildman–Crippen LogP) is 11.4. The van der Waals surface area contributed by atoms with Crippen LogP contribution in [0.25, 0.3) is 0 Å². The molecule has 5 heteroatoms. The van der Waals surface area contributed by atoms with Crippen LogP contribution in [0.5, 0.6) is 0 Å². The van der Waals surface area contributed by atoms with Gasteiger partial charge in [0.2, 0.25) is 0 Å². The van der Waals surface area contributed by atoms with Crippen molar-refractivity contribution in [1.82, 2.24) is 0 Å². The second-order valence-corrected chi connectivity index (χ2v) is 16.5. The molecule has 0 amide bonds. The number of hydrogen-bond acceptors (Lipinski definition) is 4. The Kier molecular flexibility index (Phi) is 32.6. The number of carboxylic acid groups (broad SMARTS) is 1. The minimum atomic E-state index is -1.83. The lowest BCUT2D eigenvalue weighted by molar-refractivity contribution is -0.875. The van der Waals surface area contributed by atoms with Crippen LogP contribution in [0, 0.1) is 0 Å². The Bertz CT molecular complexity index is 718. The SMILES string of the molecule is CCCCCCCCCCCCCCCCCCCCCCCCCCCCCCCCCCCC(=O)C(O)(CC(=O)[O-])C[N+](C)(C)C. The van der Waals surface area contributed by atoms with Crippen LogP contribution in [0.4, 0.5) is 0 Å². The number of carbonyl (C=O) groups excluding carboxylic acids is 2. The summed E-state index contributed by atoms with van der Waals surface area (Å²) in [4.78, 5) is 23.7. The van der Waals surface area contributed by atoms with E-state index in [2.05, 4.69) is 6.92 Å². The molecule has 5 nitrogen and oxygen atoms in total. The van der Waals surface area contributed by atoms with Gasteiger partial charge < -0.3 is 19.5 Å². The highest BCUT2D eigenvalue weighted by molar-refractivity contribution is 5.90. The van der Waals surface area contributed by atoms with Crippen molar-refractivity contribution in [2.24, 2.45) is 0 Å². The van der Waals surface area contributed by atoms with Gasteiger partial charge in [0.15, 0.2) is 11.4 Å². The molecular formula is C43H85NO4. The third-order valence-corrected chi connectivity index (χ3v) is 10.2. The maximum absolute atomic E-state index is 12.6. The van der Waals surface area contributed by atoms with Crippen molar-refractivity contribution in [2.75, 3.05) is 27.7 Å². The number of aliphatic hydroxyl groups is 1. The number of quaternary nitrogens is 1. The lowest BCUT2D eigenvalue weighted by Crippen LogP contribution is -2.56. The van der Waals surface area contributed by atoms with E-state index in [9.17, 15) is 19.8 Å². The molecule has 1 N–H and O–H groups in total. The molecule has 1 atom stereocenters. The highest BCUT2D eigenvalue weighted by atomic mass is 16.4. The zero-order valence-corrected chi connectivity index (χ0v) is 33.1. The van der Waals surface area contributed by atoms with E-state index in [1.54, 1.807) is 0 Å². The first-order chi connectivity index (χ1) is 23.1. The molecule has 0 aromatic rings. The molecule has 0 saturated heterocycles. The van der Waals surface area contributed by atoms with Crippen LogP contribution in [0.2, 0.25) is 0 Å². The van der Waals surface area contributed by atoms with Crippen molar-refractivity contribution in [1.29, 1.82) is 0 Å². The third kappa shape index (κ3) is 33.6. The zero-order valence-electron chi connectivity index (χ0n) is 33.1. The van der Waals surface area contributed by atoms with Crippen LogP contribution >= 0.6 is 0 Å². The first-order valence-electron chi connectivity index (χ1n) is 21.4. The number of ketones is 1. The number of rotatable bonds is 39. The van der Waals surface area contributed by atoms with Gasteiger partial charge in [0.25, 0.3) is 0 Å². The van der Waals surface area contributed by atoms with Crippen LogP contribution in [-0.4, -0.2) is 54.6 Å². The van der Waals surface area contributed by atoms with Crippen LogP contribution in [-0.2, 0) is 9.59 Å². The molecule has 0 aliphatic carbocycles. The van der Waals surface area contributed by atoms with Gasteiger partial charge in [-0.05, 0) is 6.42 Å². The third-order valence-electron chi connectivity index (χ3n) is 10.2. The van der Waals surface area contributed by atoms with E-state index in [1.807, 2.05) is 21.1 Å². The largest absolute Gasteiger partial charge is 0.550 e. The smallest absolute Gasteiger partial charge is 0.177 e. The maximum atomic E-state index is 12.6. The number of nitrogens with zero attached hydrogens (tertiary/aromatic N) is 1. The van der Waals surface area contributed by atoms with E-state index >= 15 is 0 Å². The van der Waals surface area contributed by atoms with Crippen molar-refractivity contribution in [2.45, 2.75) is 237 Å². The molecule has 0 bridgehead atoms. The second-order valence-electron chi connectivity index (χ2n) is 16.5. The Morgan fingerprint density at radius 1 is 0.458 bits per heavy atom. The summed E-state index contributed by atoms with van der Waals surface area (Å²) >= 11 is 0. The molecule has 0 rings (SSSR count). The van der Waals surface area contributed by atoms with Crippen molar-refractivity contribution in [3.05, 3.63) is 0 Å². The van der Waals surface area contributed by atoms with Gasteiger partial charge in [0.05, 0.1) is 21.1 Å². The molecule has 0 fully saturated rings. The Hall–Kier alpha value is -0.940. The molecule has 0 aliphatic rings. The number of hydrogen-bond donors (Lipinski definition) is 1. The van der Waals surface area contributed by atoms with Gasteiger partial charge >= 0.3 is 0 Å². The fourth-order valence-corrected chi connectivity index (χ4v) is 7.34. The summed E-state index contributed by atoms with van der Waals surface area (Å²) in [5.41, 5.74) is -1.83. The second kappa shape index (κ2) is 33.2. The summed E-state index contributed by atoms with van der Waals surface area (Å²) in [7, 11) is 5.54. The van der Waals surface area contributed by atoms with E-state index in [-0.39, 0.29) is 18.7 Å². The summed E-state index contributed by atoms with van der Waals surface area (Å²) in [6.07, 6.45) is 44.9. The highest BCUT2D eigenvalue weighted by Crippen LogP contribution is 2.21. The van der Waals surface area contributed by atoms with Crippen LogP contribution in [0.15, 0.2) is 0 Å². The van der Waals surface area contributed by atoms with Crippen LogP contribution < -0.4 is 5.11 Å². The van der Waals surface area contributed by atoms with Crippen LogP contribution in [0.1, 0.15) is 232 Å². The van der Waals surface area contributed by atoms with Gasteiger partial charge in [-0.25, -0.2) is 0 Å². The highest BCUT2D eigenvalue weighted by Gasteiger charge is 2.40. The molecule has 286 valence electrons. The molecule has 0 saturated carbocycles. The average Bonchev–Trinajstić information content (AvgIpc) is 3.01. The fourth-order valence-electron chi connectivity index (χ4n) is 7.34. The van der Waals surface area contributed by atoms with E-state index in [0.717, 1.165) is 12.8 Å². The molecular weight excluding hydrogens is 594 g/mol. The molecule has 0 heterocycles. The quantitative estimate of drug-likeness (QED) is 0.0518. The van der Waals surface area contributed by atoms with E-state index in [1.165, 1.54) is 193 Å². The van der Waals surface area contributed by atoms with Gasteiger partial charge in [0, 0.05) is 18.8 Å². The molecule has 0 radical (unpaired) electrons. The van der Waals surface area contributed by atoms with Gasteiger partial charge in [0.1, 0.15) is 6.54 Å². The van der Waals surface area contributed by atoms with Gasteiger partial charge in [-0.2, -0.15) is 0 Å². The molecule has 0 aromatic carbocycles.